The number of rotatable bonds is 2. The van der Waals surface area contributed by atoms with Crippen LogP contribution in [0.3, 0.4) is 0 Å². The summed E-state index contributed by atoms with van der Waals surface area (Å²) >= 11 is 0. The number of fused-ring (bicyclic) bond motifs is 7. The van der Waals surface area contributed by atoms with Crippen molar-refractivity contribution >= 4 is 53.9 Å². The second kappa shape index (κ2) is 8.01. The molecule has 0 atom stereocenters. The highest BCUT2D eigenvalue weighted by atomic mass is 16.3. The Balaban J connectivity index is 1.65. The second-order valence-corrected chi connectivity index (χ2v) is 10.2. The lowest BCUT2D eigenvalue weighted by atomic mass is 9.78. The number of phenolic OH excluding ortho intramolecular Hbond substituents is 2. The lowest BCUT2D eigenvalue weighted by Crippen LogP contribution is -2.13. The fourth-order valence-electron chi connectivity index (χ4n) is 6.42. The summed E-state index contributed by atoms with van der Waals surface area (Å²) in [6, 6.07) is 34.8. The van der Waals surface area contributed by atoms with Crippen molar-refractivity contribution in [3.63, 3.8) is 0 Å². The third-order valence-corrected chi connectivity index (χ3v) is 8.14. The molecule has 188 valence electrons. The Hall–Kier alpha value is -5.48. The average Bonchev–Trinajstić information content (AvgIpc) is 2.99. The Morgan fingerprint density at radius 2 is 0.750 bits per heavy atom. The van der Waals surface area contributed by atoms with E-state index in [9.17, 15) is 19.8 Å². The Morgan fingerprint density at radius 1 is 0.375 bits per heavy atom. The molecule has 8 rings (SSSR count). The van der Waals surface area contributed by atoms with Gasteiger partial charge in [0.1, 0.15) is 11.5 Å². The standard InChI is InChI=1S/C36H20O4/c37-27-15-16-28(38)34-33(27)35(39)25-17-23-24(18-26(25)36(34)40)32-30(20-11-5-2-6-12-20)22-14-8-7-13-21(22)29(31(23)32)19-9-3-1-4-10-19/h1-18,37-38H. The smallest absolute Gasteiger partial charge is 0.198 e. The van der Waals surface area contributed by atoms with Gasteiger partial charge in [-0.3, -0.25) is 9.59 Å². The molecule has 8 aromatic rings. The van der Waals surface area contributed by atoms with E-state index in [0.29, 0.717) is 0 Å². The summed E-state index contributed by atoms with van der Waals surface area (Å²) in [5, 5.41) is 27.2. The van der Waals surface area contributed by atoms with Crippen molar-refractivity contribution in [3.05, 3.63) is 130 Å². The Labute approximate surface area is 227 Å². The average molecular weight is 517 g/mol. The first-order valence-corrected chi connectivity index (χ1v) is 13.1. The van der Waals surface area contributed by atoms with E-state index in [4.69, 9.17) is 0 Å². The fraction of sp³-hybridized carbons (Fsp3) is 0. The van der Waals surface area contributed by atoms with E-state index in [1.54, 1.807) is 12.1 Å². The van der Waals surface area contributed by atoms with Crippen LogP contribution in [0.1, 0.15) is 0 Å². The molecule has 0 spiro atoms. The molecule has 0 aliphatic carbocycles. The van der Waals surface area contributed by atoms with Crippen LogP contribution < -0.4 is 10.9 Å². The minimum absolute atomic E-state index is 0.149. The fourth-order valence-corrected chi connectivity index (χ4v) is 6.42. The van der Waals surface area contributed by atoms with Crippen LogP contribution in [0.4, 0.5) is 0 Å². The topological polar surface area (TPSA) is 74.6 Å². The van der Waals surface area contributed by atoms with Crippen molar-refractivity contribution in [1.29, 1.82) is 0 Å². The van der Waals surface area contributed by atoms with Gasteiger partial charge in [-0.2, -0.15) is 0 Å². The number of aromatic hydroxyl groups is 2. The summed E-state index contributed by atoms with van der Waals surface area (Å²) in [6.07, 6.45) is 0. The molecule has 8 aromatic carbocycles. The molecule has 0 fully saturated rings. The zero-order valence-corrected chi connectivity index (χ0v) is 21.1. The molecule has 0 heterocycles. The monoisotopic (exact) mass is 516 g/mol. The molecule has 0 bridgehead atoms. The number of hydrogen-bond donors (Lipinski definition) is 2. The van der Waals surface area contributed by atoms with Crippen LogP contribution in [0.2, 0.25) is 0 Å². The maximum Gasteiger partial charge on any atom is 0.198 e. The van der Waals surface area contributed by atoms with Gasteiger partial charge in [0.15, 0.2) is 10.9 Å². The van der Waals surface area contributed by atoms with Gasteiger partial charge in [-0.05, 0) is 78.8 Å². The number of benzene rings is 7. The zero-order valence-electron chi connectivity index (χ0n) is 21.1. The van der Waals surface area contributed by atoms with Gasteiger partial charge in [0, 0.05) is 10.8 Å². The minimum Gasteiger partial charge on any atom is -0.507 e. The van der Waals surface area contributed by atoms with Crippen molar-refractivity contribution in [3.8, 4) is 33.8 Å². The Bertz CT molecular complexity index is 2240. The lowest BCUT2D eigenvalue weighted by molar-refractivity contribution is 0.469. The van der Waals surface area contributed by atoms with E-state index < -0.39 is 10.9 Å². The van der Waals surface area contributed by atoms with Crippen LogP contribution in [0.25, 0.3) is 76.1 Å². The van der Waals surface area contributed by atoms with Gasteiger partial charge < -0.3 is 10.2 Å². The molecule has 0 unspecified atom stereocenters. The molecule has 4 heteroatoms. The molecule has 0 saturated carbocycles. The Kier molecular flexibility index (Phi) is 4.51. The van der Waals surface area contributed by atoms with Crippen LogP contribution in [-0.4, -0.2) is 10.2 Å². The summed E-state index contributed by atoms with van der Waals surface area (Å²) in [4.78, 5) is 27.3. The minimum atomic E-state index is -0.473. The second-order valence-electron chi connectivity index (χ2n) is 10.2. The van der Waals surface area contributed by atoms with Gasteiger partial charge in [-0.1, -0.05) is 84.9 Å². The van der Waals surface area contributed by atoms with Crippen molar-refractivity contribution in [2.24, 2.45) is 0 Å². The molecule has 2 N–H and O–H groups in total. The largest absolute Gasteiger partial charge is 0.507 e. The van der Waals surface area contributed by atoms with E-state index in [1.807, 2.05) is 48.5 Å². The van der Waals surface area contributed by atoms with Crippen LogP contribution in [-0.2, 0) is 0 Å². The van der Waals surface area contributed by atoms with Gasteiger partial charge >= 0.3 is 0 Å². The van der Waals surface area contributed by atoms with Gasteiger partial charge in [0.25, 0.3) is 0 Å². The summed E-state index contributed by atoms with van der Waals surface area (Å²) < 4.78 is 0. The molecule has 0 aliphatic heterocycles. The van der Waals surface area contributed by atoms with Gasteiger partial charge in [-0.15, -0.1) is 0 Å². The van der Waals surface area contributed by atoms with E-state index in [0.717, 1.165) is 54.6 Å². The molecule has 4 nitrogen and oxygen atoms in total. The summed E-state index contributed by atoms with van der Waals surface area (Å²) in [5.74, 6) is -0.635. The highest BCUT2D eigenvalue weighted by Crippen LogP contribution is 2.51. The van der Waals surface area contributed by atoms with Crippen LogP contribution in [0.5, 0.6) is 11.5 Å². The quantitative estimate of drug-likeness (QED) is 0.182. The Morgan fingerprint density at radius 3 is 1.15 bits per heavy atom. The maximum atomic E-state index is 13.7. The normalized spacial score (nSPS) is 11.9. The SMILES string of the molecule is O=c1c2cc3c(cc2c(=O)c2c(O)ccc(O)c12)c1c(-c2ccccc2)c2ccccc2c(-c2ccccc2)c31. The first-order chi connectivity index (χ1) is 19.5. The molecule has 0 saturated heterocycles. The van der Waals surface area contributed by atoms with Crippen molar-refractivity contribution in [2.45, 2.75) is 0 Å². The van der Waals surface area contributed by atoms with E-state index >= 15 is 0 Å². The maximum absolute atomic E-state index is 13.7. The highest BCUT2D eigenvalue weighted by molar-refractivity contribution is 6.40. The zero-order chi connectivity index (χ0) is 27.1. The van der Waals surface area contributed by atoms with Gasteiger partial charge in [0.05, 0.1) is 10.8 Å². The third-order valence-electron chi connectivity index (χ3n) is 8.14. The van der Waals surface area contributed by atoms with Gasteiger partial charge in [-0.25, -0.2) is 0 Å². The van der Waals surface area contributed by atoms with E-state index in [2.05, 4.69) is 36.4 Å². The van der Waals surface area contributed by atoms with Crippen molar-refractivity contribution in [1.82, 2.24) is 0 Å². The first kappa shape index (κ1) is 22.5. The highest BCUT2D eigenvalue weighted by Gasteiger charge is 2.25. The number of hydrogen-bond acceptors (Lipinski definition) is 4. The van der Waals surface area contributed by atoms with Crippen molar-refractivity contribution in [2.75, 3.05) is 0 Å². The predicted molar refractivity (Wildman–Crippen MR) is 163 cm³/mol. The molecule has 40 heavy (non-hydrogen) atoms. The number of phenols is 2. The molecule has 0 aliphatic rings. The molecular formula is C36H20O4. The van der Waals surface area contributed by atoms with Crippen LogP contribution >= 0.6 is 0 Å². The summed E-state index contributed by atoms with van der Waals surface area (Å²) in [6.45, 7) is 0. The third kappa shape index (κ3) is 2.85. The van der Waals surface area contributed by atoms with Crippen molar-refractivity contribution < 1.29 is 10.2 Å². The molecular weight excluding hydrogens is 496 g/mol. The van der Waals surface area contributed by atoms with E-state index in [-0.39, 0.29) is 33.0 Å². The summed E-state index contributed by atoms with van der Waals surface area (Å²) in [5.41, 5.74) is 3.34. The lowest BCUT2D eigenvalue weighted by Gasteiger charge is -2.24. The van der Waals surface area contributed by atoms with Crippen LogP contribution in [0, 0.1) is 0 Å². The molecule has 0 amide bonds. The first-order valence-electron chi connectivity index (χ1n) is 13.1. The van der Waals surface area contributed by atoms with Gasteiger partial charge in [0.2, 0.25) is 0 Å². The van der Waals surface area contributed by atoms with E-state index in [1.165, 1.54) is 12.1 Å². The molecule has 0 aromatic heterocycles. The van der Waals surface area contributed by atoms with Crippen LogP contribution in [0.15, 0.2) is 119 Å². The summed E-state index contributed by atoms with van der Waals surface area (Å²) in [7, 11) is 0. The predicted octanol–water partition coefficient (Wildman–Crippen LogP) is 7.79. The molecule has 0 radical (unpaired) electrons.